The molecule has 0 spiro atoms. The molecule has 9 rings (SSSR count). The lowest BCUT2D eigenvalue weighted by molar-refractivity contribution is -0.0366. The van der Waals surface area contributed by atoms with Crippen LogP contribution in [0.5, 0.6) is 23.1 Å². The van der Waals surface area contributed by atoms with Crippen LogP contribution in [0.2, 0.25) is 5.15 Å². The van der Waals surface area contributed by atoms with Gasteiger partial charge in [-0.15, -0.1) is 34.0 Å². The first-order chi connectivity index (χ1) is 34.1. The Morgan fingerprint density at radius 1 is 0.569 bits per heavy atom. The van der Waals surface area contributed by atoms with E-state index in [1.165, 1.54) is 55.3 Å². The Bertz CT molecular complexity index is 2840. The Morgan fingerprint density at radius 2 is 0.958 bits per heavy atom. The molecular formula is C45H53ClF6N12O5S3. The Balaban J connectivity index is 0.000000159. The molecular weight excluding hydrogens is 1030 g/mol. The monoisotopic (exact) mass is 1090 g/mol. The largest absolute Gasteiger partial charge is 0.500 e. The molecule has 0 bridgehead atoms. The number of H-pyrrole nitrogens is 1. The van der Waals surface area contributed by atoms with Crippen molar-refractivity contribution < 1.29 is 45.7 Å². The molecule has 17 nitrogen and oxygen atoms in total. The highest BCUT2D eigenvalue weighted by Gasteiger charge is 2.38. The van der Waals surface area contributed by atoms with Crippen LogP contribution in [0.4, 0.5) is 43.8 Å². The van der Waals surface area contributed by atoms with Crippen LogP contribution in [0.1, 0.15) is 94.1 Å². The average Bonchev–Trinajstić information content (AvgIpc) is 4.11. The van der Waals surface area contributed by atoms with Gasteiger partial charge in [0.2, 0.25) is 29.3 Å². The quantitative estimate of drug-likeness (QED) is 0.0568. The van der Waals surface area contributed by atoms with Gasteiger partial charge in [-0.3, -0.25) is 4.79 Å². The standard InChI is InChI=1S/C16H20F2N4O2S.C15H17ClF2N4OS.C14H16F2N4O2S/c1-9-8-25-15(19-9)13-21-12(11(23-2)14(22-13)24-3)20-10-4-6-16(17,18)7-5-10;1-8-7-24-14(19-8)13-21-11(16)10(23-2)12(22-13)20-9-3-5-15(17,18)6-4-9;1-7-6-23-13(17-7)11-19-10(9(21)12(22)20-11)18-8-2-4-14(15,16)5-3-8/h8,10H,4-7H2,1-3H3,(H,20,21,22);7,9H,3-6H2,1-2H3,(H,20,21,22);6,8,21H,2-5H2,1H3,(H2,18,19,20,22). The summed E-state index contributed by atoms with van der Waals surface area (Å²) in [5, 5.41) is 26.8. The number of halogens is 7. The van der Waals surface area contributed by atoms with Crippen LogP contribution in [0.3, 0.4) is 0 Å². The summed E-state index contributed by atoms with van der Waals surface area (Å²) in [6.45, 7) is 5.59. The van der Waals surface area contributed by atoms with E-state index in [0.29, 0.717) is 75.5 Å². The second-order valence-electron chi connectivity index (χ2n) is 17.5. The van der Waals surface area contributed by atoms with Gasteiger partial charge in [-0.05, 0) is 59.3 Å². The van der Waals surface area contributed by atoms with Crippen molar-refractivity contribution in [2.24, 2.45) is 0 Å². The lowest BCUT2D eigenvalue weighted by Crippen LogP contribution is -2.32. The number of hydrogen-bond donors (Lipinski definition) is 5. The highest BCUT2D eigenvalue weighted by Crippen LogP contribution is 2.41. The number of nitrogens with one attached hydrogen (secondary N) is 4. The van der Waals surface area contributed by atoms with Crippen molar-refractivity contribution in [1.29, 1.82) is 0 Å². The van der Waals surface area contributed by atoms with Gasteiger partial charge in [-0.25, -0.2) is 61.2 Å². The zero-order chi connectivity index (χ0) is 52.0. The number of rotatable bonds is 12. The third-order valence-corrected chi connectivity index (χ3v) is 14.9. The lowest BCUT2D eigenvalue weighted by Gasteiger charge is -2.29. The van der Waals surface area contributed by atoms with Crippen LogP contribution >= 0.6 is 45.6 Å². The van der Waals surface area contributed by atoms with Crippen molar-refractivity contribution in [3.63, 3.8) is 0 Å². The van der Waals surface area contributed by atoms with Crippen molar-refractivity contribution in [3.05, 3.63) is 48.7 Å². The van der Waals surface area contributed by atoms with E-state index in [4.69, 9.17) is 25.8 Å². The zero-order valence-corrected chi connectivity index (χ0v) is 43.2. The fourth-order valence-corrected chi connectivity index (χ4v) is 10.4. The second-order valence-corrected chi connectivity index (χ2v) is 20.4. The maximum atomic E-state index is 13.4. The Morgan fingerprint density at radius 3 is 1.35 bits per heavy atom. The molecule has 0 saturated heterocycles. The third kappa shape index (κ3) is 14.1. The van der Waals surface area contributed by atoms with E-state index in [1.807, 2.05) is 36.9 Å². The van der Waals surface area contributed by atoms with Gasteiger partial charge < -0.3 is 40.3 Å². The van der Waals surface area contributed by atoms with Crippen LogP contribution in [-0.4, -0.2) is 107 Å². The SMILES string of the molecule is COc1c(Cl)nc(-c2nc(C)cs2)nc1NC1CCC(F)(F)CC1.COc1nc(-c2nc(C)cs2)nc(NC2CCC(F)(F)CC2)c1OC.Cc1csc(-c2nc(NC3CCC(F)(F)CC3)c(O)c(=O)[nH]2)n1. The number of thiazole rings is 3. The van der Waals surface area contributed by atoms with Gasteiger partial charge in [-0.1, -0.05) is 11.6 Å². The molecule has 3 aliphatic carbocycles. The predicted octanol–water partition coefficient (Wildman–Crippen LogP) is 11.4. The Kier molecular flexibility index (Phi) is 17.4. The number of methoxy groups -OCH3 is 3. The molecule has 0 aliphatic heterocycles. The number of nitrogens with zero attached hydrogens (tertiary/aromatic N) is 8. The molecule has 0 aromatic carbocycles. The summed E-state index contributed by atoms with van der Waals surface area (Å²) in [7, 11) is 4.46. The highest BCUT2D eigenvalue weighted by atomic mass is 35.5. The summed E-state index contributed by atoms with van der Waals surface area (Å²) in [6.07, 6.45) is 1.02. The number of alkyl halides is 6. The minimum atomic E-state index is -2.63. The van der Waals surface area contributed by atoms with Crippen molar-refractivity contribution in [1.82, 2.24) is 44.9 Å². The van der Waals surface area contributed by atoms with Gasteiger partial charge in [0.15, 0.2) is 60.9 Å². The molecule has 6 aromatic heterocycles. The van der Waals surface area contributed by atoms with Crippen LogP contribution in [0, 0.1) is 20.8 Å². The van der Waals surface area contributed by atoms with Crippen molar-refractivity contribution in [3.8, 4) is 55.6 Å². The Hall–Kier alpha value is -5.60. The average molecular weight is 1090 g/mol. The van der Waals surface area contributed by atoms with Crippen molar-refractivity contribution in [2.45, 2.75) is 134 Å². The molecule has 6 heterocycles. The summed E-state index contributed by atoms with van der Waals surface area (Å²) in [5.74, 6) is -5.46. The maximum absolute atomic E-state index is 13.4. The summed E-state index contributed by atoms with van der Waals surface area (Å²) < 4.78 is 95.7. The summed E-state index contributed by atoms with van der Waals surface area (Å²) >= 11 is 10.4. The van der Waals surface area contributed by atoms with E-state index >= 15 is 0 Å². The zero-order valence-electron chi connectivity index (χ0n) is 40.0. The topological polar surface area (TPSA) is 220 Å². The highest BCUT2D eigenvalue weighted by molar-refractivity contribution is 7.13. The first-order valence-corrected chi connectivity index (χ1v) is 25.8. The summed E-state index contributed by atoms with van der Waals surface area (Å²) in [6, 6.07) is -0.449. The van der Waals surface area contributed by atoms with Gasteiger partial charge in [0.25, 0.3) is 11.4 Å². The van der Waals surface area contributed by atoms with Crippen LogP contribution in [-0.2, 0) is 0 Å². The molecule has 27 heteroatoms. The maximum Gasteiger partial charge on any atom is 0.295 e. The number of aryl methyl sites for hydroxylation is 3. The molecule has 0 atom stereocenters. The first kappa shape index (κ1) is 54.2. The predicted molar refractivity (Wildman–Crippen MR) is 265 cm³/mol. The van der Waals surface area contributed by atoms with E-state index in [2.05, 4.69) is 60.8 Å². The van der Waals surface area contributed by atoms with Gasteiger partial charge in [-0.2, -0.15) is 4.98 Å². The molecule has 390 valence electrons. The number of anilines is 3. The molecule has 3 saturated carbocycles. The van der Waals surface area contributed by atoms with Gasteiger partial charge >= 0.3 is 0 Å². The van der Waals surface area contributed by atoms with E-state index in [-0.39, 0.29) is 92.2 Å². The van der Waals surface area contributed by atoms with E-state index in [0.717, 1.165) is 17.1 Å². The summed E-state index contributed by atoms with van der Waals surface area (Å²) in [4.78, 5) is 49.0. The fraction of sp³-hybridized carbons (Fsp3) is 0.533. The van der Waals surface area contributed by atoms with E-state index in [9.17, 15) is 36.2 Å². The van der Waals surface area contributed by atoms with E-state index in [1.54, 1.807) is 0 Å². The number of aromatic amines is 1. The minimum absolute atomic E-state index is 0.00631. The number of ether oxygens (including phenoxy) is 3. The van der Waals surface area contributed by atoms with Gasteiger partial charge in [0.05, 0.1) is 21.3 Å². The fourth-order valence-electron chi connectivity index (χ4n) is 7.92. The molecule has 72 heavy (non-hydrogen) atoms. The Labute approximate surface area is 427 Å². The molecule has 5 N–H and O–H groups in total. The van der Waals surface area contributed by atoms with E-state index < -0.39 is 29.1 Å². The van der Waals surface area contributed by atoms with Crippen molar-refractivity contribution in [2.75, 3.05) is 37.3 Å². The normalized spacial score (nSPS) is 17.7. The van der Waals surface area contributed by atoms with Crippen LogP contribution in [0.15, 0.2) is 20.9 Å². The molecule has 0 unspecified atom stereocenters. The number of hydrogen-bond acceptors (Lipinski definition) is 19. The van der Waals surface area contributed by atoms with Gasteiger partial charge in [0.1, 0.15) is 0 Å². The van der Waals surface area contributed by atoms with Crippen molar-refractivity contribution >= 4 is 63.1 Å². The molecule has 0 amide bonds. The number of aromatic hydroxyl groups is 1. The van der Waals surface area contributed by atoms with Gasteiger partial charge in [0, 0.05) is 89.9 Å². The minimum Gasteiger partial charge on any atom is -0.500 e. The lowest BCUT2D eigenvalue weighted by atomic mass is 9.92. The van der Waals surface area contributed by atoms with Crippen LogP contribution in [0.25, 0.3) is 32.5 Å². The second kappa shape index (κ2) is 23.1. The smallest absolute Gasteiger partial charge is 0.295 e. The number of aromatic nitrogens is 9. The molecule has 0 radical (unpaired) electrons. The summed E-state index contributed by atoms with van der Waals surface area (Å²) in [5.41, 5.74) is 1.85. The molecule has 3 fully saturated rings. The molecule has 3 aliphatic rings. The first-order valence-electron chi connectivity index (χ1n) is 22.8. The third-order valence-electron chi connectivity index (χ3n) is 11.8. The van der Waals surface area contributed by atoms with Crippen LogP contribution < -0.4 is 35.7 Å². The molecule has 6 aromatic rings.